The molecule has 0 unspecified atom stereocenters. The van der Waals surface area contributed by atoms with Gasteiger partial charge in [0.05, 0.1) is 10.6 Å². The van der Waals surface area contributed by atoms with Crippen LogP contribution in [0.3, 0.4) is 0 Å². The minimum atomic E-state index is -3.69. The summed E-state index contributed by atoms with van der Waals surface area (Å²) in [5.74, 6) is -0.175. The second-order valence-corrected chi connectivity index (χ2v) is 8.79. The average Bonchev–Trinajstić information content (AvgIpc) is 2.71. The first-order valence-electron chi connectivity index (χ1n) is 8.95. The van der Waals surface area contributed by atoms with Crippen LogP contribution in [-0.2, 0) is 16.6 Å². The summed E-state index contributed by atoms with van der Waals surface area (Å²) < 4.78 is 27.6. The number of anilines is 1. The maximum absolute atomic E-state index is 12.8. The zero-order valence-electron chi connectivity index (χ0n) is 16.1. The Morgan fingerprint density at radius 3 is 2.31 bits per heavy atom. The van der Waals surface area contributed by atoms with Gasteiger partial charge >= 0.3 is 0 Å². The number of benzene rings is 3. The molecule has 0 aliphatic carbocycles. The number of hydrogen-bond donors (Lipinski definition) is 1. The molecule has 0 heterocycles. The Hall–Kier alpha value is -2.83. The van der Waals surface area contributed by atoms with Gasteiger partial charge in [0.1, 0.15) is 0 Å². The van der Waals surface area contributed by atoms with Crippen LogP contribution in [0.5, 0.6) is 0 Å². The lowest BCUT2D eigenvalue weighted by atomic mass is 10.1. The second-order valence-electron chi connectivity index (χ2n) is 6.70. The minimum Gasteiger partial charge on any atom is -0.337 e. The number of nitrogens with one attached hydrogen (secondary N) is 1. The molecule has 0 saturated heterocycles. The smallest absolute Gasteiger partial charge is 0.261 e. The van der Waals surface area contributed by atoms with Crippen molar-refractivity contribution in [2.75, 3.05) is 11.8 Å². The van der Waals surface area contributed by atoms with E-state index in [2.05, 4.69) is 4.72 Å². The number of halogens is 1. The predicted molar refractivity (Wildman–Crippen MR) is 116 cm³/mol. The van der Waals surface area contributed by atoms with E-state index in [1.807, 2.05) is 18.2 Å². The van der Waals surface area contributed by atoms with Crippen molar-refractivity contribution >= 4 is 33.2 Å². The van der Waals surface area contributed by atoms with E-state index in [-0.39, 0.29) is 10.8 Å². The van der Waals surface area contributed by atoms with Gasteiger partial charge in [-0.1, -0.05) is 48.0 Å². The molecular formula is C22H21ClN2O3S. The first kappa shape index (κ1) is 20.9. The number of hydrogen-bond acceptors (Lipinski definition) is 3. The largest absolute Gasteiger partial charge is 0.337 e. The molecule has 3 rings (SSSR count). The first-order valence-corrected chi connectivity index (χ1v) is 10.8. The quantitative estimate of drug-likeness (QED) is 0.617. The molecule has 7 heteroatoms. The lowest BCUT2D eigenvalue weighted by Crippen LogP contribution is -2.26. The second kappa shape index (κ2) is 8.68. The van der Waals surface area contributed by atoms with Crippen LogP contribution in [-0.4, -0.2) is 26.3 Å². The number of rotatable bonds is 6. The van der Waals surface area contributed by atoms with Crippen molar-refractivity contribution in [2.24, 2.45) is 0 Å². The van der Waals surface area contributed by atoms with Crippen LogP contribution >= 0.6 is 11.6 Å². The zero-order valence-corrected chi connectivity index (χ0v) is 17.7. The summed E-state index contributed by atoms with van der Waals surface area (Å²) in [6, 6.07) is 20.4. The average molecular weight is 429 g/mol. The van der Waals surface area contributed by atoms with Gasteiger partial charge in [-0.25, -0.2) is 8.42 Å². The standard InChI is InChI=1S/C22H21ClN2O3S/c1-16-14-17(22(26)25(2)15-18-8-6-7-11-20(18)23)12-13-21(16)24-29(27,28)19-9-4-3-5-10-19/h3-14,24H,15H2,1-2H3. The molecule has 0 aliphatic heterocycles. The van der Waals surface area contributed by atoms with Crippen LogP contribution in [0, 0.1) is 6.92 Å². The molecule has 1 amide bonds. The maximum Gasteiger partial charge on any atom is 0.261 e. The van der Waals surface area contributed by atoms with Crippen molar-refractivity contribution in [1.29, 1.82) is 0 Å². The molecule has 0 aliphatic rings. The van der Waals surface area contributed by atoms with Gasteiger partial charge in [-0.15, -0.1) is 0 Å². The highest BCUT2D eigenvalue weighted by Crippen LogP contribution is 2.22. The number of nitrogens with zero attached hydrogens (tertiary/aromatic N) is 1. The van der Waals surface area contributed by atoms with Gasteiger partial charge in [-0.2, -0.15) is 0 Å². The Balaban J connectivity index is 1.77. The van der Waals surface area contributed by atoms with Crippen LogP contribution in [0.15, 0.2) is 77.7 Å². The molecule has 0 radical (unpaired) electrons. The van der Waals surface area contributed by atoms with Gasteiger partial charge in [0, 0.05) is 24.2 Å². The van der Waals surface area contributed by atoms with Crippen LogP contribution in [0.25, 0.3) is 0 Å². The Labute approximate surface area is 176 Å². The van der Waals surface area contributed by atoms with Crippen molar-refractivity contribution in [3.8, 4) is 0 Å². The Morgan fingerprint density at radius 2 is 1.66 bits per heavy atom. The third kappa shape index (κ3) is 4.96. The molecule has 0 spiro atoms. The van der Waals surface area contributed by atoms with E-state index in [0.29, 0.717) is 28.4 Å². The van der Waals surface area contributed by atoms with E-state index in [0.717, 1.165) is 5.56 Å². The molecule has 0 bridgehead atoms. The van der Waals surface area contributed by atoms with E-state index in [1.54, 1.807) is 61.3 Å². The SMILES string of the molecule is Cc1cc(C(=O)N(C)Cc2ccccc2Cl)ccc1NS(=O)(=O)c1ccccc1. The molecule has 0 saturated carbocycles. The number of carbonyl (C=O) groups is 1. The monoisotopic (exact) mass is 428 g/mol. The number of amides is 1. The van der Waals surface area contributed by atoms with E-state index in [4.69, 9.17) is 11.6 Å². The van der Waals surface area contributed by atoms with E-state index in [9.17, 15) is 13.2 Å². The van der Waals surface area contributed by atoms with Gasteiger partial charge in [-0.3, -0.25) is 9.52 Å². The summed E-state index contributed by atoms with van der Waals surface area (Å²) in [5.41, 5.74) is 2.41. The fourth-order valence-corrected chi connectivity index (χ4v) is 4.24. The summed E-state index contributed by atoms with van der Waals surface area (Å²) in [4.78, 5) is 14.5. The highest BCUT2D eigenvalue weighted by molar-refractivity contribution is 7.92. The van der Waals surface area contributed by atoms with E-state index in [1.165, 1.54) is 12.1 Å². The number of sulfonamides is 1. The molecule has 0 aromatic heterocycles. The fourth-order valence-electron chi connectivity index (χ4n) is 2.89. The third-order valence-electron chi connectivity index (χ3n) is 4.48. The lowest BCUT2D eigenvalue weighted by molar-refractivity contribution is 0.0785. The normalized spacial score (nSPS) is 11.1. The Kier molecular flexibility index (Phi) is 6.25. The van der Waals surface area contributed by atoms with Crippen molar-refractivity contribution in [2.45, 2.75) is 18.4 Å². The van der Waals surface area contributed by atoms with Gasteiger partial charge in [0.15, 0.2) is 0 Å². The molecule has 150 valence electrons. The van der Waals surface area contributed by atoms with Crippen molar-refractivity contribution in [1.82, 2.24) is 4.90 Å². The molecule has 1 N–H and O–H groups in total. The zero-order chi connectivity index (χ0) is 21.0. The van der Waals surface area contributed by atoms with Crippen LogP contribution < -0.4 is 4.72 Å². The molecule has 5 nitrogen and oxygen atoms in total. The molecule has 0 atom stereocenters. The van der Waals surface area contributed by atoms with Crippen LogP contribution in [0.1, 0.15) is 21.5 Å². The highest BCUT2D eigenvalue weighted by atomic mass is 35.5. The molecular weight excluding hydrogens is 408 g/mol. The fraction of sp³-hybridized carbons (Fsp3) is 0.136. The third-order valence-corrected chi connectivity index (χ3v) is 6.23. The molecule has 3 aromatic carbocycles. The van der Waals surface area contributed by atoms with Crippen molar-refractivity contribution in [3.63, 3.8) is 0 Å². The van der Waals surface area contributed by atoms with Crippen molar-refractivity contribution in [3.05, 3.63) is 94.5 Å². The predicted octanol–water partition coefficient (Wildman–Crippen LogP) is 4.72. The minimum absolute atomic E-state index is 0.175. The number of aryl methyl sites for hydroxylation is 1. The summed E-state index contributed by atoms with van der Waals surface area (Å²) in [6.07, 6.45) is 0. The van der Waals surface area contributed by atoms with Gasteiger partial charge in [0.25, 0.3) is 15.9 Å². The van der Waals surface area contributed by atoms with Gasteiger partial charge in [-0.05, 0) is 54.4 Å². The summed E-state index contributed by atoms with van der Waals surface area (Å²) in [6.45, 7) is 2.13. The first-order chi connectivity index (χ1) is 13.8. The molecule has 3 aromatic rings. The van der Waals surface area contributed by atoms with Crippen molar-refractivity contribution < 1.29 is 13.2 Å². The van der Waals surface area contributed by atoms with E-state index >= 15 is 0 Å². The van der Waals surface area contributed by atoms with Crippen LogP contribution in [0.2, 0.25) is 5.02 Å². The molecule has 29 heavy (non-hydrogen) atoms. The Morgan fingerprint density at radius 1 is 1.00 bits per heavy atom. The summed E-state index contributed by atoms with van der Waals surface area (Å²) in [5, 5.41) is 0.606. The highest BCUT2D eigenvalue weighted by Gasteiger charge is 2.17. The van der Waals surface area contributed by atoms with Gasteiger partial charge < -0.3 is 4.90 Å². The Bertz CT molecular complexity index is 1130. The summed E-state index contributed by atoms with van der Waals surface area (Å²) >= 11 is 6.17. The lowest BCUT2D eigenvalue weighted by Gasteiger charge is -2.19. The number of carbonyl (C=O) groups excluding carboxylic acids is 1. The van der Waals surface area contributed by atoms with Gasteiger partial charge in [0.2, 0.25) is 0 Å². The van der Waals surface area contributed by atoms with E-state index < -0.39 is 10.0 Å². The molecule has 0 fully saturated rings. The topological polar surface area (TPSA) is 66.5 Å². The van der Waals surface area contributed by atoms with Crippen LogP contribution in [0.4, 0.5) is 5.69 Å². The maximum atomic E-state index is 12.8. The summed E-state index contributed by atoms with van der Waals surface area (Å²) in [7, 11) is -1.99.